The van der Waals surface area contributed by atoms with Crippen LogP contribution in [0.2, 0.25) is 0 Å². The highest BCUT2D eigenvalue weighted by molar-refractivity contribution is 7.42. The predicted octanol–water partition coefficient (Wildman–Crippen LogP) is 14.8. The van der Waals surface area contributed by atoms with Gasteiger partial charge in [0.1, 0.15) is 28.7 Å². The maximum absolute atomic E-state index is 7.16. The Morgan fingerprint density at radius 2 is 1.56 bits per heavy atom. The molecule has 5 rings (SSSR count). The Morgan fingerprint density at radius 1 is 0.852 bits per heavy atom. The van der Waals surface area contributed by atoms with Crippen LogP contribution in [0.3, 0.4) is 0 Å². The third-order valence-electron chi connectivity index (χ3n) is 10.3. The Balaban J connectivity index is 1.75. The second-order valence-corrected chi connectivity index (χ2v) is 18.8. The summed E-state index contributed by atoms with van der Waals surface area (Å²) in [4.78, 5) is 0. The van der Waals surface area contributed by atoms with Crippen molar-refractivity contribution in [3.05, 3.63) is 156 Å². The van der Waals surface area contributed by atoms with Gasteiger partial charge in [0.25, 0.3) is 0 Å². The highest BCUT2D eigenvalue weighted by atomic mass is 31.2. The lowest BCUT2D eigenvalue weighted by molar-refractivity contribution is 0.169. The second-order valence-electron chi connectivity index (χ2n) is 16.6. The van der Waals surface area contributed by atoms with Crippen molar-refractivity contribution in [3.63, 3.8) is 0 Å². The van der Waals surface area contributed by atoms with E-state index in [2.05, 4.69) is 79.5 Å². The van der Waals surface area contributed by atoms with Crippen LogP contribution in [0.1, 0.15) is 94.7 Å². The van der Waals surface area contributed by atoms with Crippen LogP contribution in [0.25, 0.3) is 16.7 Å². The van der Waals surface area contributed by atoms with Gasteiger partial charge in [-0.25, -0.2) is 0 Å². The van der Waals surface area contributed by atoms with Crippen LogP contribution in [0.5, 0.6) is 28.7 Å². The lowest BCUT2D eigenvalue weighted by atomic mass is 9.78. The fourth-order valence-corrected chi connectivity index (χ4v) is 9.29. The summed E-state index contributed by atoms with van der Waals surface area (Å²) in [5, 5.41) is 0. The summed E-state index contributed by atoms with van der Waals surface area (Å²) in [5.41, 5.74) is 7.05. The molecule has 1 heterocycles. The molecule has 0 N–H and O–H groups in total. The number of hydrogen-bond acceptors (Lipinski definition) is 8. The van der Waals surface area contributed by atoms with E-state index in [0.29, 0.717) is 28.7 Å². The zero-order chi connectivity index (χ0) is 44.5. The average Bonchev–Trinajstić information content (AvgIpc) is 3.38. The van der Waals surface area contributed by atoms with Crippen molar-refractivity contribution in [2.24, 2.45) is 0 Å². The van der Waals surface area contributed by atoms with Crippen molar-refractivity contribution in [2.75, 3.05) is 20.8 Å². The number of methoxy groups -OCH3 is 2. The molecule has 0 amide bonds. The molecule has 324 valence electrons. The molecule has 0 spiro atoms. The van der Waals surface area contributed by atoms with Crippen molar-refractivity contribution in [1.29, 1.82) is 0 Å². The minimum atomic E-state index is -2.06. The fourth-order valence-electron chi connectivity index (χ4n) is 7.15. The predicted molar refractivity (Wildman–Crippen MR) is 253 cm³/mol. The molecule has 0 fully saturated rings. The summed E-state index contributed by atoms with van der Waals surface area (Å²) in [6.07, 6.45) is 11.1. The molecule has 0 aromatic heterocycles. The Kier molecular flexibility index (Phi) is 16.3. The van der Waals surface area contributed by atoms with Gasteiger partial charge in [0.2, 0.25) is 0 Å². The summed E-state index contributed by atoms with van der Waals surface area (Å²) in [5.74, 6) is 3.15. The number of para-hydroxylation sites is 2. The Hall–Kier alpha value is -4.68. The zero-order valence-corrected chi connectivity index (χ0v) is 39.5. The van der Waals surface area contributed by atoms with E-state index in [0.717, 1.165) is 50.1 Å². The standard InChI is InChI=1S/C51H62O8P2/c1-15-19-29-54-60(57-45-27-22-20-25-37(45)34(5)17-3)59-49-43(51(10,11)12)32-47(53-14)35(6)48(49)40-30-36(52-13)31-42(50(7,8)9)41(40)33-55-61-56-44(18-4)38(24-16-2)39-26-21-23-28-46(39)58-61/h15-28,30-32,38,44H,3-5,29,33H2,1-2,6-14H3/b19-15-,24-16-. The molecule has 8 nitrogen and oxygen atoms in total. The lowest BCUT2D eigenvalue weighted by Gasteiger charge is -2.31. The van der Waals surface area contributed by atoms with Gasteiger partial charge in [-0.1, -0.05) is 128 Å². The SMILES string of the molecule is C=CC(=C)c1ccccc1OP(OC/C=C\C)Oc1c(C(C)(C)C)cc(OC)c(C)c1-c1cc(OC)cc(C(C)(C)C)c1COP1Oc2ccccc2C(/C=C\C)C(C=C)O1. The monoisotopic (exact) mass is 864 g/mol. The molecular weight excluding hydrogens is 803 g/mol. The molecule has 1 aliphatic heterocycles. The minimum Gasteiger partial charge on any atom is -0.497 e. The lowest BCUT2D eigenvalue weighted by Crippen LogP contribution is -2.18. The first-order valence-corrected chi connectivity index (χ1v) is 22.7. The molecule has 4 aromatic rings. The molecule has 10 heteroatoms. The molecule has 0 saturated heterocycles. The summed E-state index contributed by atoms with van der Waals surface area (Å²) in [7, 11) is -0.585. The molecule has 61 heavy (non-hydrogen) atoms. The number of rotatable bonds is 17. The van der Waals surface area contributed by atoms with E-state index in [1.54, 1.807) is 20.3 Å². The third kappa shape index (κ3) is 11.2. The van der Waals surface area contributed by atoms with Crippen molar-refractivity contribution < 1.29 is 36.6 Å². The van der Waals surface area contributed by atoms with Crippen molar-refractivity contribution in [3.8, 4) is 39.9 Å². The molecule has 0 bridgehead atoms. The van der Waals surface area contributed by atoms with E-state index in [1.807, 2.05) is 99.7 Å². The van der Waals surface area contributed by atoms with Crippen molar-refractivity contribution >= 4 is 22.8 Å². The first kappa shape index (κ1) is 47.4. The Labute approximate surface area is 366 Å². The zero-order valence-electron chi connectivity index (χ0n) is 37.7. The Bertz CT molecular complexity index is 2250. The van der Waals surface area contributed by atoms with Gasteiger partial charge in [-0.2, -0.15) is 0 Å². The van der Waals surface area contributed by atoms with E-state index < -0.39 is 22.6 Å². The number of hydrogen-bond donors (Lipinski definition) is 0. The summed E-state index contributed by atoms with van der Waals surface area (Å²) >= 11 is 0. The third-order valence-corrected chi connectivity index (χ3v) is 12.5. The van der Waals surface area contributed by atoms with Gasteiger partial charge in [0.05, 0.1) is 33.5 Å². The van der Waals surface area contributed by atoms with E-state index in [4.69, 9.17) is 36.6 Å². The summed E-state index contributed by atoms with van der Waals surface area (Å²) < 4.78 is 52.4. The number of ether oxygens (including phenoxy) is 2. The molecule has 0 aliphatic carbocycles. The molecule has 4 unspecified atom stereocenters. The first-order chi connectivity index (χ1) is 29.1. The quantitative estimate of drug-likeness (QED) is 0.0590. The van der Waals surface area contributed by atoms with Crippen LogP contribution in [0.4, 0.5) is 0 Å². The van der Waals surface area contributed by atoms with Crippen molar-refractivity contribution in [1.82, 2.24) is 0 Å². The van der Waals surface area contributed by atoms with E-state index >= 15 is 0 Å². The van der Waals surface area contributed by atoms with Crippen LogP contribution in [-0.2, 0) is 31.0 Å². The fraction of sp³-hybridized carbons (Fsp3) is 0.333. The average molecular weight is 865 g/mol. The molecule has 0 radical (unpaired) electrons. The summed E-state index contributed by atoms with van der Waals surface area (Å²) in [6, 6.07) is 21.8. The maximum atomic E-state index is 7.16. The number of allylic oxidation sites excluding steroid dienone is 4. The Morgan fingerprint density at radius 3 is 2.20 bits per heavy atom. The smallest absolute Gasteiger partial charge is 0.463 e. The molecule has 4 aromatic carbocycles. The van der Waals surface area contributed by atoms with Crippen LogP contribution in [-0.4, -0.2) is 26.9 Å². The van der Waals surface area contributed by atoms with Gasteiger partial charge in [0, 0.05) is 33.7 Å². The van der Waals surface area contributed by atoms with Gasteiger partial charge < -0.3 is 23.0 Å². The molecule has 1 aliphatic rings. The number of fused-ring (bicyclic) bond motifs is 1. The molecular formula is C51H62O8P2. The summed E-state index contributed by atoms with van der Waals surface area (Å²) in [6.45, 7) is 31.6. The van der Waals surface area contributed by atoms with Gasteiger partial charge >= 0.3 is 17.2 Å². The minimum absolute atomic E-state index is 0.0969. The van der Waals surface area contributed by atoms with Crippen LogP contribution in [0, 0.1) is 6.92 Å². The van der Waals surface area contributed by atoms with E-state index in [1.165, 1.54) is 0 Å². The van der Waals surface area contributed by atoms with Gasteiger partial charge in [0.15, 0.2) is 0 Å². The largest absolute Gasteiger partial charge is 0.497 e. The van der Waals surface area contributed by atoms with E-state index in [-0.39, 0.29) is 30.7 Å². The maximum Gasteiger partial charge on any atom is 0.463 e. The van der Waals surface area contributed by atoms with Crippen LogP contribution < -0.4 is 23.0 Å². The second kappa shape index (κ2) is 20.9. The van der Waals surface area contributed by atoms with Crippen LogP contribution in [0.15, 0.2) is 123 Å². The van der Waals surface area contributed by atoms with E-state index in [9.17, 15) is 0 Å². The van der Waals surface area contributed by atoms with Crippen LogP contribution >= 0.6 is 17.2 Å². The normalized spacial score (nSPS) is 17.3. The molecule has 4 atom stereocenters. The van der Waals surface area contributed by atoms with Gasteiger partial charge in [-0.3, -0.25) is 13.6 Å². The van der Waals surface area contributed by atoms with Gasteiger partial charge in [-0.15, -0.1) is 6.58 Å². The number of benzene rings is 4. The van der Waals surface area contributed by atoms with Crippen molar-refractivity contribution in [2.45, 2.75) is 91.8 Å². The molecule has 0 saturated carbocycles. The first-order valence-electron chi connectivity index (χ1n) is 20.5. The highest BCUT2D eigenvalue weighted by Gasteiger charge is 2.36. The highest BCUT2D eigenvalue weighted by Crippen LogP contribution is 2.55. The topological polar surface area (TPSA) is 73.8 Å². The van der Waals surface area contributed by atoms with Gasteiger partial charge in [-0.05, 0) is 84.2 Å².